The van der Waals surface area contributed by atoms with Gasteiger partial charge in [0.05, 0.1) is 31.0 Å². The maximum atomic E-state index is 13.4. The van der Waals surface area contributed by atoms with E-state index in [0.29, 0.717) is 34.2 Å². The second kappa shape index (κ2) is 8.27. The van der Waals surface area contributed by atoms with E-state index in [-0.39, 0.29) is 5.91 Å². The molecule has 0 radical (unpaired) electrons. The summed E-state index contributed by atoms with van der Waals surface area (Å²) in [6, 6.07) is 13.3. The zero-order chi connectivity index (χ0) is 22.0. The summed E-state index contributed by atoms with van der Waals surface area (Å²) in [5, 5.41) is 17.7. The Hall–Kier alpha value is -4.21. The number of aromatic nitrogens is 4. The van der Waals surface area contributed by atoms with Gasteiger partial charge in [-0.15, -0.1) is 0 Å². The molecular formula is C21H20N6O4. The van der Waals surface area contributed by atoms with Crippen LogP contribution in [0.15, 0.2) is 59.8 Å². The normalized spacial score (nSPS) is 15.0. The van der Waals surface area contributed by atoms with Crippen LogP contribution in [0.1, 0.15) is 28.9 Å². The van der Waals surface area contributed by atoms with Crippen LogP contribution in [0.4, 0.5) is 11.6 Å². The molecule has 0 saturated carbocycles. The number of esters is 1. The van der Waals surface area contributed by atoms with Gasteiger partial charge in [0, 0.05) is 5.70 Å². The van der Waals surface area contributed by atoms with Gasteiger partial charge in [0.1, 0.15) is 11.8 Å². The van der Waals surface area contributed by atoms with Crippen LogP contribution in [0.2, 0.25) is 0 Å². The van der Waals surface area contributed by atoms with E-state index < -0.39 is 12.0 Å². The lowest BCUT2D eigenvalue weighted by Gasteiger charge is -2.28. The van der Waals surface area contributed by atoms with E-state index >= 15 is 0 Å². The number of tetrazole rings is 1. The number of nitrogens with one attached hydrogen (secondary N) is 2. The summed E-state index contributed by atoms with van der Waals surface area (Å²) in [6.45, 7) is 1.78. The highest BCUT2D eigenvalue weighted by atomic mass is 16.5. The highest BCUT2D eigenvalue weighted by Crippen LogP contribution is 2.35. The largest absolute Gasteiger partial charge is 0.495 e. The summed E-state index contributed by atoms with van der Waals surface area (Å²) < 4.78 is 11.6. The van der Waals surface area contributed by atoms with E-state index in [1.807, 2.05) is 6.07 Å². The maximum absolute atomic E-state index is 13.4. The van der Waals surface area contributed by atoms with Crippen molar-refractivity contribution in [2.24, 2.45) is 0 Å². The van der Waals surface area contributed by atoms with Gasteiger partial charge in [0.25, 0.3) is 5.91 Å². The number of amides is 1. The Morgan fingerprint density at radius 3 is 2.55 bits per heavy atom. The van der Waals surface area contributed by atoms with Crippen molar-refractivity contribution < 1.29 is 19.1 Å². The lowest BCUT2D eigenvalue weighted by molar-refractivity contribution is -0.113. The first-order valence-corrected chi connectivity index (χ1v) is 9.41. The van der Waals surface area contributed by atoms with Crippen LogP contribution in [0.3, 0.4) is 0 Å². The Morgan fingerprint density at radius 2 is 1.84 bits per heavy atom. The molecule has 0 saturated heterocycles. The topological polar surface area (TPSA) is 120 Å². The molecule has 10 nitrogen and oxygen atoms in total. The number of carbonyl (C=O) groups is 2. The lowest BCUT2D eigenvalue weighted by atomic mass is 9.94. The third-order valence-corrected chi connectivity index (χ3v) is 4.96. The first-order chi connectivity index (χ1) is 15.0. The summed E-state index contributed by atoms with van der Waals surface area (Å²) in [7, 11) is 2.86. The number of rotatable bonds is 5. The fourth-order valence-electron chi connectivity index (χ4n) is 3.47. The zero-order valence-corrected chi connectivity index (χ0v) is 17.1. The summed E-state index contributed by atoms with van der Waals surface area (Å²) >= 11 is 0. The van der Waals surface area contributed by atoms with Gasteiger partial charge in [-0.1, -0.05) is 29.4 Å². The van der Waals surface area contributed by atoms with E-state index in [0.717, 1.165) is 5.56 Å². The van der Waals surface area contributed by atoms with Gasteiger partial charge in [0.15, 0.2) is 0 Å². The molecule has 1 aliphatic heterocycles. The van der Waals surface area contributed by atoms with Crippen LogP contribution in [-0.2, 0) is 9.53 Å². The molecule has 2 N–H and O–H groups in total. The van der Waals surface area contributed by atoms with Crippen LogP contribution in [0.5, 0.6) is 5.75 Å². The van der Waals surface area contributed by atoms with Crippen molar-refractivity contribution in [3.63, 3.8) is 0 Å². The van der Waals surface area contributed by atoms with E-state index in [1.54, 1.807) is 49.4 Å². The van der Waals surface area contributed by atoms with E-state index in [4.69, 9.17) is 9.47 Å². The predicted octanol–water partition coefficient (Wildman–Crippen LogP) is 2.40. The lowest BCUT2D eigenvalue weighted by Crippen LogP contribution is -2.31. The summed E-state index contributed by atoms with van der Waals surface area (Å²) in [6.07, 6.45) is 0. The van der Waals surface area contributed by atoms with Crippen molar-refractivity contribution in [3.05, 3.63) is 70.9 Å². The van der Waals surface area contributed by atoms with Crippen molar-refractivity contribution in [2.45, 2.75) is 13.0 Å². The molecule has 0 bridgehead atoms. The highest BCUT2D eigenvalue weighted by Gasteiger charge is 2.34. The van der Waals surface area contributed by atoms with Crippen molar-refractivity contribution in [1.82, 2.24) is 20.2 Å². The number of ether oxygens (including phenoxy) is 2. The Labute approximate surface area is 177 Å². The van der Waals surface area contributed by atoms with E-state index in [2.05, 4.69) is 26.2 Å². The van der Waals surface area contributed by atoms with Gasteiger partial charge in [-0.2, -0.15) is 4.68 Å². The standard InChI is InChI=1S/C21H20N6O4/c1-12-17(19(28)23-15-6-4-5-7-16(15)30-2)18(27-21(22-12)24-25-26-27)13-8-10-14(11-9-13)20(29)31-3/h4-11,18H,1-3H3,(H,23,28)(H,22,24,26). The van der Waals surface area contributed by atoms with Gasteiger partial charge in [-0.3, -0.25) is 4.79 Å². The molecule has 1 aromatic heterocycles. The number of fused-ring (bicyclic) bond motifs is 1. The monoisotopic (exact) mass is 420 g/mol. The molecule has 10 heteroatoms. The summed E-state index contributed by atoms with van der Waals surface area (Å²) in [5.41, 5.74) is 2.70. The Balaban J connectivity index is 1.74. The molecule has 1 atom stereocenters. The number of hydrogen-bond acceptors (Lipinski definition) is 8. The molecule has 158 valence electrons. The SMILES string of the molecule is COC(=O)c1ccc(C2C(C(=O)Nc3ccccc3OC)=C(C)Nc3nnnn32)cc1. The summed E-state index contributed by atoms with van der Waals surface area (Å²) in [5.74, 6) is 0.173. The Morgan fingerprint density at radius 1 is 1.10 bits per heavy atom. The molecule has 1 aliphatic rings. The van der Waals surface area contributed by atoms with Crippen LogP contribution >= 0.6 is 0 Å². The molecule has 1 amide bonds. The predicted molar refractivity (Wildman–Crippen MR) is 112 cm³/mol. The molecule has 0 aliphatic carbocycles. The van der Waals surface area contributed by atoms with Gasteiger partial charge in [-0.05, 0) is 47.2 Å². The minimum atomic E-state index is -0.604. The first-order valence-electron chi connectivity index (χ1n) is 9.41. The third-order valence-electron chi connectivity index (χ3n) is 4.96. The first kappa shape index (κ1) is 20.1. The molecule has 1 unspecified atom stereocenters. The average Bonchev–Trinajstić information content (AvgIpc) is 3.26. The quantitative estimate of drug-likeness (QED) is 0.604. The number of hydrogen-bond donors (Lipinski definition) is 2. The van der Waals surface area contributed by atoms with Gasteiger partial charge < -0.3 is 20.1 Å². The van der Waals surface area contributed by atoms with Crippen LogP contribution < -0.4 is 15.4 Å². The minimum Gasteiger partial charge on any atom is -0.495 e. The fourth-order valence-corrected chi connectivity index (χ4v) is 3.47. The number of anilines is 2. The van der Waals surface area contributed by atoms with Crippen molar-refractivity contribution in [2.75, 3.05) is 24.9 Å². The van der Waals surface area contributed by atoms with E-state index in [9.17, 15) is 9.59 Å². The molecule has 0 spiro atoms. The molecule has 4 rings (SSSR count). The van der Waals surface area contributed by atoms with Crippen molar-refractivity contribution in [1.29, 1.82) is 0 Å². The van der Waals surface area contributed by atoms with Crippen molar-refractivity contribution in [3.8, 4) is 5.75 Å². The van der Waals surface area contributed by atoms with Gasteiger partial charge in [-0.25, -0.2) is 4.79 Å². The molecule has 2 heterocycles. The minimum absolute atomic E-state index is 0.335. The third kappa shape index (κ3) is 3.70. The Kier molecular flexibility index (Phi) is 5.35. The smallest absolute Gasteiger partial charge is 0.337 e. The zero-order valence-electron chi connectivity index (χ0n) is 17.1. The second-order valence-corrected chi connectivity index (χ2v) is 6.78. The Bertz CT molecular complexity index is 1170. The summed E-state index contributed by atoms with van der Waals surface area (Å²) in [4.78, 5) is 25.2. The number of nitrogens with zero attached hydrogens (tertiary/aromatic N) is 4. The molecular weight excluding hydrogens is 400 g/mol. The maximum Gasteiger partial charge on any atom is 0.337 e. The number of carbonyl (C=O) groups excluding carboxylic acids is 2. The van der Waals surface area contributed by atoms with Crippen molar-refractivity contribution >= 4 is 23.5 Å². The number of allylic oxidation sites excluding steroid dienone is 1. The molecule has 2 aromatic carbocycles. The van der Waals surface area contributed by atoms with Gasteiger partial charge in [0.2, 0.25) is 5.95 Å². The second-order valence-electron chi connectivity index (χ2n) is 6.78. The van der Waals surface area contributed by atoms with Crippen LogP contribution in [0, 0.1) is 0 Å². The molecule has 3 aromatic rings. The molecule has 31 heavy (non-hydrogen) atoms. The number of methoxy groups -OCH3 is 2. The average molecular weight is 420 g/mol. The van der Waals surface area contributed by atoms with Crippen LogP contribution in [-0.4, -0.2) is 46.3 Å². The highest BCUT2D eigenvalue weighted by molar-refractivity contribution is 6.06. The van der Waals surface area contributed by atoms with E-state index in [1.165, 1.54) is 18.9 Å². The van der Waals surface area contributed by atoms with Crippen LogP contribution in [0.25, 0.3) is 0 Å². The molecule has 0 fully saturated rings. The number of benzene rings is 2. The van der Waals surface area contributed by atoms with Gasteiger partial charge >= 0.3 is 5.97 Å². The number of para-hydroxylation sites is 2. The fraction of sp³-hybridized carbons (Fsp3) is 0.190.